The monoisotopic (exact) mass is 608 g/mol. The van der Waals surface area contributed by atoms with Gasteiger partial charge in [0.05, 0.1) is 6.04 Å². The van der Waals surface area contributed by atoms with Crippen molar-refractivity contribution in [1.82, 2.24) is 21.3 Å². The van der Waals surface area contributed by atoms with Crippen LogP contribution in [0.25, 0.3) is 6.08 Å². The van der Waals surface area contributed by atoms with Crippen molar-refractivity contribution in [3.63, 3.8) is 0 Å². The minimum Gasteiger partial charge on any atom is -0.450 e. The Hall–Kier alpha value is -3.11. The normalized spacial score (nSPS) is 19.2. The van der Waals surface area contributed by atoms with Crippen LogP contribution in [0.2, 0.25) is 10.0 Å². The number of esters is 1. The van der Waals surface area contributed by atoms with Gasteiger partial charge in [-0.2, -0.15) is 0 Å². The Balaban J connectivity index is 1.82. The van der Waals surface area contributed by atoms with Crippen molar-refractivity contribution in [3.8, 4) is 0 Å². The van der Waals surface area contributed by atoms with Gasteiger partial charge in [-0.25, -0.2) is 0 Å². The van der Waals surface area contributed by atoms with E-state index in [1.807, 2.05) is 20.8 Å². The number of amides is 4. The second kappa shape index (κ2) is 14.2. The lowest BCUT2D eigenvalue weighted by Gasteiger charge is -2.31. The molecular formula is C29H38Cl2N4O6. The van der Waals surface area contributed by atoms with Gasteiger partial charge in [-0.05, 0) is 61.3 Å². The molecule has 1 aromatic carbocycles. The van der Waals surface area contributed by atoms with Gasteiger partial charge in [-0.15, -0.1) is 0 Å². The number of nitrogens with one attached hydrogen (secondary N) is 4. The largest absolute Gasteiger partial charge is 0.450 e. The van der Waals surface area contributed by atoms with Crippen LogP contribution in [0, 0.1) is 11.3 Å². The summed E-state index contributed by atoms with van der Waals surface area (Å²) in [5, 5.41) is 12.0. The van der Waals surface area contributed by atoms with E-state index < -0.39 is 47.8 Å². The van der Waals surface area contributed by atoms with E-state index in [2.05, 4.69) is 21.3 Å². The standard InChI is InChI=1S/C29H38Cl2N4O6/c1-16(36)41-25(28(40)33-20-8-9-20)22(13-18-11-12-32-26(18)38)35-27(39)23(15-29(2,3)4)34-24(37)10-6-17-5-7-19(30)14-21(17)31/h5-7,10,14,18,20,22-23,25H,8-9,11-13,15H2,1-4H3,(H,32,38)(H,33,40)(H,34,37)(H,35,39)/b10-6+/t18-,22?,23-,25?/m0/s1. The van der Waals surface area contributed by atoms with Gasteiger partial charge in [0, 0.05) is 41.5 Å². The highest BCUT2D eigenvalue weighted by Crippen LogP contribution is 2.25. The number of halogens is 2. The molecule has 1 aliphatic carbocycles. The predicted molar refractivity (Wildman–Crippen MR) is 156 cm³/mol. The van der Waals surface area contributed by atoms with E-state index in [0.29, 0.717) is 28.6 Å². The fraction of sp³-hybridized carbons (Fsp3) is 0.552. The highest BCUT2D eigenvalue weighted by atomic mass is 35.5. The Morgan fingerprint density at radius 3 is 2.37 bits per heavy atom. The van der Waals surface area contributed by atoms with Gasteiger partial charge in [0.25, 0.3) is 5.91 Å². The molecule has 1 aromatic rings. The van der Waals surface area contributed by atoms with Crippen LogP contribution in [0.15, 0.2) is 24.3 Å². The van der Waals surface area contributed by atoms with E-state index in [9.17, 15) is 24.0 Å². The lowest BCUT2D eigenvalue weighted by molar-refractivity contribution is -0.157. The first-order chi connectivity index (χ1) is 19.2. The van der Waals surface area contributed by atoms with Crippen LogP contribution in [0.1, 0.15) is 65.4 Å². The molecule has 4 atom stereocenters. The van der Waals surface area contributed by atoms with Crippen LogP contribution in [0.4, 0.5) is 0 Å². The summed E-state index contributed by atoms with van der Waals surface area (Å²) in [6.45, 7) is 7.43. The summed E-state index contributed by atoms with van der Waals surface area (Å²) >= 11 is 12.1. The molecule has 1 heterocycles. The molecule has 1 aliphatic heterocycles. The van der Waals surface area contributed by atoms with E-state index >= 15 is 0 Å². The zero-order chi connectivity index (χ0) is 30.3. The average molecular weight is 610 g/mol. The lowest BCUT2D eigenvalue weighted by Crippen LogP contribution is -2.57. The lowest BCUT2D eigenvalue weighted by atomic mass is 9.87. The maximum absolute atomic E-state index is 13.7. The van der Waals surface area contributed by atoms with Gasteiger partial charge in [0.2, 0.25) is 17.7 Å². The van der Waals surface area contributed by atoms with E-state index in [4.69, 9.17) is 27.9 Å². The summed E-state index contributed by atoms with van der Waals surface area (Å²) in [7, 11) is 0. The Morgan fingerprint density at radius 2 is 1.80 bits per heavy atom. The molecule has 1 saturated carbocycles. The van der Waals surface area contributed by atoms with Crippen LogP contribution < -0.4 is 21.3 Å². The number of carbonyl (C=O) groups is 5. The van der Waals surface area contributed by atoms with Gasteiger partial charge >= 0.3 is 5.97 Å². The third kappa shape index (κ3) is 10.7. The molecule has 0 spiro atoms. The van der Waals surface area contributed by atoms with Crippen LogP contribution in [-0.4, -0.2) is 60.4 Å². The van der Waals surface area contributed by atoms with Gasteiger partial charge in [-0.1, -0.05) is 50.0 Å². The van der Waals surface area contributed by atoms with E-state index in [1.165, 1.54) is 19.1 Å². The molecule has 4 amide bonds. The molecule has 2 aliphatic rings. The van der Waals surface area contributed by atoms with Crippen LogP contribution >= 0.6 is 23.2 Å². The molecule has 0 aromatic heterocycles. The minimum atomic E-state index is -1.34. The number of hydrogen-bond acceptors (Lipinski definition) is 6. The van der Waals surface area contributed by atoms with E-state index in [0.717, 1.165) is 12.8 Å². The SMILES string of the molecule is CC(=O)OC(C(=O)NC1CC1)C(C[C@@H]1CCNC1=O)NC(=O)[C@H](CC(C)(C)C)NC(=O)/C=C/c1ccc(Cl)cc1Cl. The number of benzene rings is 1. The predicted octanol–water partition coefficient (Wildman–Crippen LogP) is 3.15. The van der Waals surface area contributed by atoms with Gasteiger partial charge < -0.3 is 26.0 Å². The maximum atomic E-state index is 13.7. The zero-order valence-electron chi connectivity index (χ0n) is 23.7. The van der Waals surface area contributed by atoms with E-state index in [-0.39, 0.29) is 30.2 Å². The van der Waals surface area contributed by atoms with Crippen molar-refractivity contribution in [2.45, 2.75) is 84.0 Å². The molecule has 224 valence electrons. The van der Waals surface area contributed by atoms with Crippen molar-refractivity contribution in [3.05, 3.63) is 39.9 Å². The highest BCUT2D eigenvalue weighted by Gasteiger charge is 2.40. The zero-order valence-corrected chi connectivity index (χ0v) is 25.2. The Morgan fingerprint density at radius 1 is 1.10 bits per heavy atom. The second-order valence-corrected chi connectivity index (χ2v) is 12.6. The Labute approximate surface area is 250 Å². The molecule has 10 nitrogen and oxygen atoms in total. The first-order valence-electron chi connectivity index (χ1n) is 13.7. The molecule has 2 unspecified atom stereocenters. The maximum Gasteiger partial charge on any atom is 0.303 e. The third-order valence-corrected chi connectivity index (χ3v) is 7.26. The van der Waals surface area contributed by atoms with E-state index in [1.54, 1.807) is 18.2 Å². The van der Waals surface area contributed by atoms with Crippen molar-refractivity contribution < 1.29 is 28.7 Å². The molecule has 3 rings (SSSR count). The summed E-state index contributed by atoms with van der Waals surface area (Å²) < 4.78 is 5.40. The average Bonchev–Trinajstić information content (AvgIpc) is 3.59. The van der Waals surface area contributed by atoms with Gasteiger partial charge in [0.15, 0.2) is 6.10 Å². The molecule has 2 fully saturated rings. The summed E-state index contributed by atoms with van der Waals surface area (Å²) in [5.74, 6) is -3.00. The van der Waals surface area contributed by atoms with Crippen molar-refractivity contribution in [1.29, 1.82) is 0 Å². The molecule has 1 saturated heterocycles. The quantitative estimate of drug-likeness (QED) is 0.212. The first kappa shape index (κ1) is 32.4. The summed E-state index contributed by atoms with van der Waals surface area (Å²) in [6.07, 6.45) is 3.93. The fourth-order valence-corrected chi connectivity index (χ4v) is 5.04. The third-order valence-electron chi connectivity index (χ3n) is 6.70. The van der Waals surface area contributed by atoms with Gasteiger partial charge in [0.1, 0.15) is 6.04 Å². The van der Waals surface area contributed by atoms with Crippen molar-refractivity contribution in [2.24, 2.45) is 11.3 Å². The number of carbonyl (C=O) groups excluding carboxylic acids is 5. The summed E-state index contributed by atoms with van der Waals surface area (Å²) in [5.41, 5.74) is 0.210. The minimum absolute atomic E-state index is 0.0134. The summed E-state index contributed by atoms with van der Waals surface area (Å²) in [4.78, 5) is 64.0. The molecule has 4 N–H and O–H groups in total. The number of hydrogen-bond donors (Lipinski definition) is 4. The summed E-state index contributed by atoms with van der Waals surface area (Å²) in [6, 6.07) is 2.86. The molecular weight excluding hydrogens is 571 g/mol. The highest BCUT2D eigenvalue weighted by molar-refractivity contribution is 6.35. The molecule has 0 bridgehead atoms. The number of rotatable bonds is 12. The van der Waals surface area contributed by atoms with Crippen LogP contribution in [0.5, 0.6) is 0 Å². The Kier molecular flexibility index (Phi) is 11.2. The first-order valence-corrected chi connectivity index (χ1v) is 14.5. The van der Waals surface area contributed by atoms with Crippen molar-refractivity contribution in [2.75, 3.05) is 6.54 Å². The Bertz CT molecular complexity index is 1190. The fourth-order valence-electron chi connectivity index (χ4n) is 4.57. The molecule has 0 radical (unpaired) electrons. The van der Waals surface area contributed by atoms with Crippen LogP contribution in [-0.2, 0) is 28.7 Å². The molecule has 41 heavy (non-hydrogen) atoms. The second-order valence-electron chi connectivity index (χ2n) is 11.8. The topological polar surface area (TPSA) is 143 Å². The van der Waals surface area contributed by atoms with Gasteiger partial charge in [-0.3, -0.25) is 24.0 Å². The van der Waals surface area contributed by atoms with Crippen molar-refractivity contribution >= 4 is 58.9 Å². The smallest absolute Gasteiger partial charge is 0.303 e. The number of ether oxygens (including phenoxy) is 1. The molecule has 12 heteroatoms. The van der Waals surface area contributed by atoms with Crippen LogP contribution in [0.3, 0.4) is 0 Å².